The van der Waals surface area contributed by atoms with Crippen molar-refractivity contribution < 1.29 is 18.0 Å². The van der Waals surface area contributed by atoms with Gasteiger partial charge in [-0.15, -0.1) is 0 Å². The highest BCUT2D eigenvalue weighted by Gasteiger charge is 2.29. The summed E-state index contributed by atoms with van der Waals surface area (Å²) in [5.74, 6) is 0.712. The van der Waals surface area contributed by atoms with Crippen molar-refractivity contribution in [1.29, 1.82) is 0 Å². The maximum atomic E-state index is 13.1. The first kappa shape index (κ1) is 22.6. The van der Waals surface area contributed by atoms with Crippen LogP contribution in [0.15, 0.2) is 41.0 Å². The zero-order valence-electron chi connectivity index (χ0n) is 16.9. The number of furan rings is 1. The average molecular weight is 425 g/mol. The predicted molar refractivity (Wildman–Crippen MR) is 117 cm³/mol. The molecule has 6 nitrogen and oxygen atoms in total. The summed E-state index contributed by atoms with van der Waals surface area (Å²) in [6, 6.07) is 9.80. The van der Waals surface area contributed by atoms with Gasteiger partial charge in [0, 0.05) is 5.69 Å². The largest absolute Gasteiger partial charge is 0.467 e. The van der Waals surface area contributed by atoms with E-state index in [1.54, 1.807) is 25.0 Å². The van der Waals surface area contributed by atoms with Crippen molar-refractivity contribution in [1.82, 2.24) is 4.90 Å². The molecule has 0 fully saturated rings. The monoisotopic (exact) mass is 424 g/mol. The molecule has 0 aliphatic heterocycles. The van der Waals surface area contributed by atoms with Crippen LogP contribution in [0.2, 0.25) is 0 Å². The molecule has 154 valence electrons. The van der Waals surface area contributed by atoms with Gasteiger partial charge in [-0.3, -0.25) is 4.57 Å². The molecule has 1 heterocycles. The number of nitrogens with zero attached hydrogens (tertiary/aromatic N) is 1. The minimum atomic E-state index is -3.33. The van der Waals surface area contributed by atoms with Gasteiger partial charge in [0.2, 0.25) is 0 Å². The number of nitrogens with one attached hydrogen (secondary N) is 1. The zero-order chi connectivity index (χ0) is 20.6. The van der Waals surface area contributed by atoms with Gasteiger partial charge in [-0.2, -0.15) is 0 Å². The summed E-state index contributed by atoms with van der Waals surface area (Å²) in [5.41, 5.74) is 3.23. The van der Waals surface area contributed by atoms with Crippen molar-refractivity contribution in [2.45, 2.75) is 40.7 Å². The third-order valence-corrected chi connectivity index (χ3v) is 6.53. The molecule has 1 aromatic heterocycles. The van der Waals surface area contributed by atoms with E-state index in [2.05, 4.69) is 18.3 Å². The van der Waals surface area contributed by atoms with E-state index < -0.39 is 7.60 Å². The number of aryl methyl sites for hydroxylation is 2. The third kappa shape index (κ3) is 6.17. The van der Waals surface area contributed by atoms with Gasteiger partial charge in [-0.25, -0.2) is 0 Å². The minimum absolute atomic E-state index is 0.0363. The Labute approximate surface area is 172 Å². The lowest BCUT2D eigenvalue weighted by Crippen LogP contribution is -2.36. The van der Waals surface area contributed by atoms with Gasteiger partial charge in [0.25, 0.3) is 0 Å². The highest BCUT2D eigenvalue weighted by atomic mass is 32.1. The molecule has 0 unspecified atom stereocenters. The Bertz CT molecular complexity index is 801. The number of hydrogen-bond donors (Lipinski definition) is 1. The van der Waals surface area contributed by atoms with Gasteiger partial charge < -0.3 is 23.7 Å². The third-order valence-electron chi connectivity index (χ3n) is 4.18. The van der Waals surface area contributed by atoms with Gasteiger partial charge in [-0.1, -0.05) is 25.1 Å². The van der Waals surface area contributed by atoms with Crippen LogP contribution in [0, 0.1) is 6.92 Å². The first-order chi connectivity index (χ1) is 13.4. The summed E-state index contributed by atoms with van der Waals surface area (Å²) in [6.45, 7) is 8.66. The lowest BCUT2D eigenvalue weighted by molar-refractivity contribution is 0.208. The number of hydrogen-bond acceptors (Lipinski definition) is 5. The molecule has 0 aliphatic rings. The highest BCUT2D eigenvalue weighted by molar-refractivity contribution is 7.80. The topological polar surface area (TPSA) is 63.9 Å². The molecule has 28 heavy (non-hydrogen) atoms. The van der Waals surface area contributed by atoms with Gasteiger partial charge in [0.05, 0.1) is 26.0 Å². The van der Waals surface area contributed by atoms with Crippen molar-refractivity contribution in [2.75, 3.05) is 24.8 Å². The maximum absolute atomic E-state index is 13.1. The zero-order valence-corrected chi connectivity index (χ0v) is 18.6. The molecule has 0 saturated heterocycles. The highest BCUT2D eigenvalue weighted by Crippen LogP contribution is 2.48. The molecule has 1 N–H and O–H groups in total. The van der Waals surface area contributed by atoms with Crippen LogP contribution in [0.5, 0.6) is 0 Å². The van der Waals surface area contributed by atoms with E-state index in [1.165, 1.54) is 0 Å². The van der Waals surface area contributed by atoms with Gasteiger partial charge in [-0.05, 0) is 62.7 Å². The summed E-state index contributed by atoms with van der Waals surface area (Å²) in [5, 5.41) is 3.78. The molecule has 1 aromatic carbocycles. The number of rotatable bonds is 10. The van der Waals surface area contributed by atoms with E-state index in [-0.39, 0.29) is 6.29 Å². The summed E-state index contributed by atoms with van der Waals surface area (Å²) in [4.78, 5) is 1.77. The van der Waals surface area contributed by atoms with Crippen LogP contribution < -0.4 is 5.32 Å². The molecule has 0 saturated carbocycles. The molecule has 2 aromatic rings. The number of anilines is 1. The molecule has 0 atom stereocenters. The average Bonchev–Trinajstić information content (AvgIpc) is 3.16. The molecule has 2 rings (SSSR count). The van der Waals surface area contributed by atoms with Crippen molar-refractivity contribution in [3.05, 3.63) is 53.5 Å². The SMILES string of the molecule is CCOP(=O)(CN(Cc1ccco1)C(=S)Nc1c(C)cccc1CC)OCC. The van der Waals surface area contributed by atoms with E-state index in [0.29, 0.717) is 30.6 Å². The Morgan fingerprint density at radius 1 is 1.18 bits per heavy atom. The quantitative estimate of drug-likeness (QED) is 0.395. The second kappa shape index (κ2) is 10.8. The first-order valence-electron chi connectivity index (χ1n) is 9.47. The van der Waals surface area contributed by atoms with Crippen LogP contribution in [-0.4, -0.2) is 29.5 Å². The Balaban J connectivity index is 2.28. The molecule has 0 spiro atoms. The lowest BCUT2D eigenvalue weighted by Gasteiger charge is -2.29. The van der Waals surface area contributed by atoms with Crippen LogP contribution in [0.25, 0.3) is 0 Å². The van der Waals surface area contributed by atoms with Crippen LogP contribution in [-0.2, 0) is 26.6 Å². The second-order valence-electron chi connectivity index (χ2n) is 6.26. The predicted octanol–water partition coefficient (Wildman–Crippen LogP) is 5.57. The van der Waals surface area contributed by atoms with Gasteiger partial charge in [0.15, 0.2) is 5.11 Å². The molecule has 8 heteroatoms. The van der Waals surface area contributed by atoms with E-state index in [1.807, 2.05) is 31.2 Å². The Kier molecular flexibility index (Phi) is 8.70. The number of para-hydroxylation sites is 1. The molecule has 0 bridgehead atoms. The van der Waals surface area contributed by atoms with Crippen LogP contribution in [0.1, 0.15) is 37.7 Å². The fourth-order valence-corrected chi connectivity index (χ4v) is 4.90. The summed E-state index contributed by atoms with van der Waals surface area (Å²) in [6.07, 6.45) is 2.51. The Morgan fingerprint density at radius 2 is 1.89 bits per heavy atom. The van der Waals surface area contributed by atoms with Crippen LogP contribution >= 0.6 is 19.8 Å². The van der Waals surface area contributed by atoms with Crippen LogP contribution in [0.4, 0.5) is 5.69 Å². The first-order valence-corrected chi connectivity index (χ1v) is 11.6. The van der Waals surface area contributed by atoms with Gasteiger partial charge >= 0.3 is 7.60 Å². The van der Waals surface area contributed by atoms with Crippen molar-refractivity contribution in [3.63, 3.8) is 0 Å². The maximum Gasteiger partial charge on any atom is 0.349 e. The Hall–Kier alpha value is -1.66. The molecular weight excluding hydrogens is 395 g/mol. The summed E-state index contributed by atoms with van der Waals surface area (Å²) in [7, 11) is -3.33. The summed E-state index contributed by atoms with van der Waals surface area (Å²) >= 11 is 5.67. The summed E-state index contributed by atoms with van der Waals surface area (Å²) < 4.78 is 29.5. The van der Waals surface area contributed by atoms with Crippen molar-refractivity contribution in [2.24, 2.45) is 0 Å². The fourth-order valence-electron chi connectivity index (χ4n) is 2.89. The lowest BCUT2D eigenvalue weighted by atomic mass is 10.1. The number of thiocarbonyl (C=S) groups is 1. The smallest absolute Gasteiger partial charge is 0.349 e. The minimum Gasteiger partial charge on any atom is -0.467 e. The second-order valence-corrected chi connectivity index (χ2v) is 8.67. The van der Waals surface area contributed by atoms with E-state index in [9.17, 15) is 4.57 Å². The molecular formula is C20H29N2O4PS. The van der Waals surface area contributed by atoms with E-state index in [4.69, 9.17) is 25.7 Å². The molecule has 0 amide bonds. The standard InChI is InChI=1S/C20H29N2O4PS/c1-5-17-11-8-10-16(4)19(17)21-20(28)22(14-18-12-9-13-24-18)15-27(23,25-6-2)26-7-3/h8-13H,5-7,14-15H2,1-4H3,(H,21,28). The number of benzene rings is 1. The normalized spacial score (nSPS) is 11.4. The van der Waals surface area contributed by atoms with Crippen LogP contribution in [0.3, 0.4) is 0 Å². The Morgan fingerprint density at radius 3 is 2.46 bits per heavy atom. The molecule has 0 aliphatic carbocycles. The van der Waals surface area contributed by atoms with Crippen molar-refractivity contribution >= 4 is 30.6 Å². The van der Waals surface area contributed by atoms with Crippen molar-refractivity contribution in [3.8, 4) is 0 Å². The molecule has 0 radical (unpaired) electrons. The van der Waals surface area contributed by atoms with Gasteiger partial charge in [0.1, 0.15) is 12.0 Å². The van der Waals surface area contributed by atoms with E-state index >= 15 is 0 Å². The van der Waals surface area contributed by atoms with E-state index in [0.717, 1.165) is 23.2 Å². The fraction of sp³-hybridized carbons (Fsp3) is 0.450.